The Morgan fingerprint density at radius 3 is 2.47 bits per heavy atom. The molecule has 0 aromatic heterocycles. The van der Waals surface area contributed by atoms with Crippen LogP contribution in [0.5, 0.6) is 23.0 Å². The van der Waals surface area contributed by atoms with Crippen LogP contribution in [0.2, 0.25) is 0 Å². The molecule has 1 N–H and O–H groups in total. The Morgan fingerprint density at radius 2 is 1.75 bits per heavy atom. The summed E-state index contributed by atoms with van der Waals surface area (Å²) in [6.45, 7) is -0.553. The molecule has 36 heavy (non-hydrogen) atoms. The van der Waals surface area contributed by atoms with Gasteiger partial charge in [-0.25, -0.2) is 0 Å². The molecular weight excluding hydrogens is 479 g/mol. The van der Waals surface area contributed by atoms with Crippen LogP contribution in [0.1, 0.15) is 21.5 Å². The second kappa shape index (κ2) is 10.0. The minimum absolute atomic E-state index is 0.0511. The van der Waals surface area contributed by atoms with Crippen LogP contribution < -0.4 is 24.3 Å². The molecule has 3 aromatic rings. The predicted octanol–water partition coefficient (Wildman–Crippen LogP) is 5.36. The maximum atomic E-state index is 13.1. The van der Waals surface area contributed by atoms with Crippen molar-refractivity contribution in [2.75, 3.05) is 26.1 Å². The maximum absolute atomic E-state index is 13.1. The number of benzene rings is 3. The number of anilines is 1. The highest BCUT2D eigenvalue weighted by molar-refractivity contribution is 6.14. The highest BCUT2D eigenvalue weighted by atomic mass is 19.4. The van der Waals surface area contributed by atoms with Crippen molar-refractivity contribution in [3.63, 3.8) is 0 Å². The smallest absolute Gasteiger partial charge is 0.418 e. The Labute approximate surface area is 204 Å². The van der Waals surface area contributed by atoms with Crippen molar-refractivity contribution in [2.24, 2.45) is 0 Å². The maximum Gasteiger partial charge on any atom is 0.418 e. The lowest BCUT2D eigenvalue weighted by molar-refractivity contribution is -0.137. The number of fused-ring (bicyclic) bond motifs is 1. The lowest BCUT2D eigenvalue weighted by Crippen LogP contribution is -2.22. The van der Waals surface area contributed by atoms with E-state index < -0.39 is 24.3 Å². The number of ketones is 1. The van der Waals surface area contributed by atoms with Gasteiger partial charge in [0.2, 0.25) is 5.78 Å². The van der Waals surface area contributed by atoms with Crippen LogP contribution in [0.25, 0.3) is 6.08 Å². The molecule has 0 aliphatic carbocycles. The van der Waals surface area contributed by atoms with Crippen LogP contribution >= 0.6 is 0 Å². The summed E-state index contributed by atoms with van der Waals surface area (Å²) >= 11 is 0. The standard InChI is InChI=1S/C26H20F3NO6/c1-33-16-8-10-21(34-2)15(11-16)12-23-25(32)18-9-7-17(13-22(18)36-23)35-14-24(31)30-20-6-4-3-5-19(20)26(27,28)29/h3-13H,14H2,1-2H3,(H,30,31). The van der Waals surface area contributed by atoms with Crippen molar-refractivity contribution in [3.8, 4) is 23.0 Å². The highest BCUT2D eigenvalue weighted by Gasteiger charge is 2.33. The van der Waals surface area contributed by atoms with Crippen LogP contribution in [0.4, 0.5) is 18.9 Å². The molecule has 0 fully saturated rings. The molecule has 0 saturated carbocycles. The van der Waals surface area contributed by atoms with Gasteiger partial charge in [0.05, 0.1) is 31.0 Å². The quantitative estimate of drug-likeness (QED) is 0.441. The van der Waals surface area contributed by atoms with Crippen molar-refractivity contribution in [1.82, 2.24) is 0 Å². The van der Waals surface area contributed by atoms with Crippen molar-refractivity contribution in [3.05, 3.63) is 83.1 Å². The van der Waals surface area contributed by atoms with E-state index in [2.05, 4.69) is 5.32 Å². The molecule has 4 rings (SSSR count). The van der Waals surface area contributed by atoms with Gasteiger partial charge in [-0.05, 0) is 48.5 Å². The van der Waals surface area contributed by atoms with E-state index in [0.717, 1.165) is 12.1 Å². The summed E-state index contributed by atoms with van der Waals surface area (Å²) in [6.07, 6.45) is -3.09. The molecule has 1 heterocycles. The fraction of sp³-hybridized carbons (Fsp3) is 0.154. The molecule has 0 unspecified atom stereocenters. The summed E-state index contributed by atoms with van der Waals surface area (Å²) in [4.78, 5) is 25.0. The van der Waals surface area contributed by atoms with E-state index in [0.29, 0.717) is 22.6 Å². The van der Waals surface area contributed by atoms with E-state index in [9.17, 15) is 22.8 Å². The number of halogens is 3. The Hall–Kier alpha value is -4.47. The molecule has 1 aliphatic heterocycles. The summed E-state index contributed by atoms with van der Waals surface area (Å²) in [5.41, 5.74) is -0.474. The van der Waals surface area contributed by atoms with Crippen molar-refractivity contribution in [2.45, 2.75) is 6.18 Å². The summed E-state index contributed by atoms with van der Waals surface area (Å²) in [5, 5.41) is 2.20. The Balaban J connectivity index is 1.46. The first-order chi connectivity index (χ1) is 17.2. The molecule has 0 atom stereocenters. The second-order valence-corrected chi connectivity index (χ2v) is 7.59. The minimum atomic E-state index is -4.62. The molecule has 1 amide bonds. The van der Waals surface area contributed by atoms with Gasteiger partial charge in [-0.15, -0.1) is 0 Å². The number of alkyl halides is 3. The van der Waals surface area contributed by atoms with Crippen molar-refractivity contribution in [1.29, 1.82) is 0 Å². The third kappa shape index (κ3) is 5.27. The molecule has 0 bridgehead atoms. The van der Waals surface area contributed by atoms with E-state index in [1.54, 1.807) is 18.2 Å². The molecule has 1 aliphatic rings. The number of para-hydroxylation sites is 1. The predicted molar refractivity (Wildman–Crippen MR) is 124 cm³/mol. The van der Waals surface area contributed by atoms with Gasteiger partial charge in [0, 0.05) is 11.6 Å². The lowest BCUT2D eigenvalue weighted by Gasteiger charge is -2.14. The third-order valence-corrected chi connectivity index (χ3v) is 5.24. The van der Waals surface area contributed by atoms with E-state index in [4.69, 9.17) is 18.9 Å². The first-order valence-corrected chi connectivity index (χ1v) is 10.6. The third-order valence-electron chi connectivity index (χ3n) is 5.24. The number of carbonyl (C=O) groups is 2. The topological polar surface area (TPSA) is 83.1 Å². The van der Waals surface area contributed by atoms with Gasteiger partial charge in [0.1, 0.15) is 23.0 Å². The first-order valence-electron chi connectivity index (χ1n) is 10.6. The monoisotopic (exact) mass is 499 g/mol. The lowest BCUT2D eigenvalue weighted by atomic mass is 10.1. The number of methoxy groups -OCH3 is 2. The molecule has 0 spiro atoms. The Morgan fingerprint density at radius 1 is 1.00 bits per heavy atom. The van der Waals surface area contributed by atoms with Crippen molar-refractivity contribution < 1.29 is 41.7 Å². The molecule has 10 heteroatoms. The van der Waals surface area contributed by atoms with Crippen LogP contribution in [0.3, 0.4) is 0 Å². The summed E-state index contributed by atoms with van der Waals surface area (Å²) in [6, 6.07) is 14.1. The fourth-order valence-electron chi connectivity index (χ4n) is 3.52. The molecular formula is C26H20F3NO6. The van der Waals surface area contributed by atoms with Gasteiger partial charge in [0.15, 0.2) is 12.4 Å². The van der Waals surface area contributed by atoms with Gasteiger partial charge in [-0.2, -0.15) is 13.2 Å². The average molecular weight is 499 g/mol. The second-order valence-electron chi connectivity index (χ2n) is 7.59. The number of nitrogens with one attached hydrogen (secondary N) is 1. The SMILES string of the molecule is COc1ccc(OC)c(C=C2Oc3cc(OCC(=O)Nc4ccccc4C(F)(F)F)ccc3C2=O)c1. The molecule has 7 nitrogen and oxygen atoms in total. The van der Waals surface area contributed by atoms with Crippen LogP contribution in [-0.4, -0.2) is 32.5 Å². The number of Topliss-reactive ketones (excluding diaryl/α,β-unsaturated/α-hetero) is 1. The molecule has 3 aromatic carbocycles. The molecule has 0 radical (unpaired) electrons. The summed E-state index contributed by atoms with van der Waals surface area (Å²) in [5.74, 6) is 0.401. The number of allylic oxidation sites excluding steroid dienone is 1. The zero-order valence-corrected chi connectivity index (χ0v) is 19.1. The van der Waals surface area contributed by atoms with Gasteiger partial charge >= 0.3 is 6.18 Å². The highest BCUT2D eigenvalue weighted by Crippen LogP contribution is 2.37. The van der Waals surface area contributed by atoms with E-state index in [-0.39, 0.29) is 28.7 Å². The first kappa shape index (κ1) is 24.6. The Bertz CT molecular complexity index is 1350. The van der Waals surface area contributed by atoms with Gasteiger partial charge in [-0.1, -0.05) is 12.1 Å². The number of hydrogen-bond donors (Lipinski definition) is 1. The Kier molecular flexibility index (Phi) is 6.86. The molecule has 186 valence electrons. The minimum Gasteiger partial charge on any atom is -0.497 e. The van der Waals surface area contributed by atoms with E-state index in [1.807, 2.05) is 0 Å². The van der Waals surface area contributed by atoms with E-state index >= 15 is 0 Å². The normalized spacial score (nSPS) is 13.7. The number of rotatable bonds is 7. The summed E-state index contributed by atoms with van der Waals surface area (Å²) < 4.78 is 61.0. The molecule has 0 saturated heterocycles. The van der Waals surface area contributed by atoms with Crippen LogP contribution in [0, 0.1) is 0 Å². The summed E-state index contributed by atoms with van der Waals surface area (Å²) in [7, 11) is 3.01. The van der Waals surface area contributed by atoms with Gasteiger partial charge in [-0.3, -0.25) is 9.59 Å². The average Bonchev–Trinajstić information content (AvgIpc) is 3.16. The number of carbonyl (C=O) groups excluding carboxylic acids is 2. The van der Waals surface area contributed by atoms with Gasteiger partial charge in [0.25, 0.3) is 5.91 Å². The van der Waals surface area contributed by atoms with Gasteiger partial charge < -0.3 is 24.3 Å². The number of amides is 1. The van der Waals surface area contributed by atoms with Crippen LogP contribution in [-0.2, 0) is 11.0 Å². The van der Waals surface area contributed by atoms with Crippen molar-refractivity contribution >= 4 is 23.5 Å². The van der Waals surface area contributed by atoms with E-state index in [1.165, 1.54) is 50.6 Å². The number of hydrogen-bond acceptors (Lipinski definition) is 6. The zero-order valence-electron chi connectivity index (χ0n) is 19.1. The zero-order chi connectivity index (χ0) is 25.9. The van der Waals surface area contributed by atoms with Crippen LogP contribution in [0.15, 0.2) is 66.4 Å². The number of ether oxygens (including phenoxy) is 4. The fourth-order valence-corrected chi connectivity index (χ4v) is 3.52. The largest absolute Gasteiger partial charge is 0.497 e.